The molecule has 5 N–H and O–H groups in total. The molecule has 0 bridgehead atoms. The predicted octanol–water partition coefficient (Wildman–Crippen LogP) is 4.47. The summed E-state index contributed by atoms with van der Waals surface area (Å²) in [5, 5.41) is 7.99. The van der Waals surface area contributed by atoms with Crippen LogP contribution in [0.4, 0.5) is 4.39 Å². The summed E-state index contributed by atoms with van der Waals surface area (Å²) in [5.74, 6) is 1.67. The zero-order valence-electron chi connectivity index (χ0n) is 21.6. The van der Waals surface area contributed by atoms with Crippen LogP contribution < -0.4 is 16.8 Å². The number of terminal acetylenes is 1. The first-order valence-electron chi connectivity index (χ1n) is 12.3. The Balaban J connectivity index is 0.00000186. The van der Waals surface area contributed by atoms with Crippen molar-refractivity contribution in [2.24, 2.45) is 23.3 Å². The maximum absolute atomic E-state index is 14.5. The Hall–Kier alpha value is -3.56. The maximum Gasteiger partial charge on any atom is 0.201 e. The highest BCUT2D eigenvalue weighted by Crippen LogP contribution is 2.41. The van der Waals surface area contributed by atoms with Gasteiger partial charge in [-0.1, -0.05) is 32.9 Å². The lowest BCUT2D eigenvalue weighted by Crippen LogP contribution is -2.26. The van der Waals surface area contributed by atoms with E-state index in [4.69, 9.17) is 16.5 Å². The van der Waals surface area contributed by atoms with Gasteiger partial charge in [-0.05, 0) is 54.1 Å². The monoisotopic (exact) mass is 519 g/mol. The fourth-order valence-corrected chi connectivity index (χ4v) is 5.00. The third-order valence-electron chi connectivity index (χ3n) is 6.63. The lowest BCUT2D eigenvalue weighted by atomic mass is 9.74. The van der Waals surface area contributed by atoms with E-state index >= 15 is 0 Å². The molecule has 0 radical (unpaired) electrons. The number of rotatable bonds is 7. The van der Waals surface area contributed by atoms with Crippen LogP contribution in [0.2, 0.25) is 0 Å². The summed E-state index contributed by atoms with van der Waals surface area (Å²) in [6.07, 6.45) is 16.7. The molecule has 2 heterocycles. The van der Waals surface area contributed by atoms with Crippen molar-refractivity contribution in [2.75, 3.05) is 0 Å². The molecule has 9 heteroatoms. The van der Waals surface area contributed by atoms with E-state index < -0.39 is 0 Å². The predicted molar refractivity (Wildman–Crippen MR) is 151 cm³/mol. The molecular formula is C28H35FN7P. The van der Waals surface area contributed by atoms with Gasteiger partial charge in [0, 0.05) is 35.5 Å². The van der Waals surface area contributed by atoms with E-state index in [0.717, 1.165) is 42.8 Å². The first-order chi connectivity index (χ1) is 17.8. The molecule has 2 aromatic heterocycles. The van der Waals surface area contributed by atoms with Gasteiger partial charge in [0.15, 0.2) is 0 Å². The van der Waals surface area contributed by atoms with Gasteiger partial charge in [-0.2, -0.15) is 5.10 Å². The van der Waals surface area contributed by atoms with Crippen molar-refractivity contribution in [3.63, 3.8) is 0 Å². The number of hydrogen-bond donors (Lipinski definition) is 3. The van der Waals surface area contributed by atoms with Gasteiger partial charge in [0.25, 0.3) is 0 Å². The molecule has 3 unspecified atom stereocenters. The molecule has 194 valence electrons. The molecule has 0 fully saturated rings. The number of hydrogen-bond acceptors (Lipinski definition) is 6. The summed E-state index contributed by atoms with van der Waals surface area (Å²) in [6.45, 7) is 6.50. The molecule has 1 aliphatic carbocycles. The largest absolute Gasteiger partial charge is 0.401 e. The number of nitrogens with two attached hydrogens (primary N) is 2. The van der Waals surface area contributed by atoms with E-state index in [0.29, 0.717) is 45.6 Å². The minimum Gasteiger partial charge on any atom is -0.401 e. The van der Waals surface area contributed by atoms with Crippen LogP contribution in [0.3, 0.4) is 0 Å². The maximum atomic E-state index is 14.5. The number of allylic oxidation sites excluding steroid dienone is 3. The van der Waals surface area contributed by atoms with Crippen molar-refractivity contribution >= 4 is 20.2 Å². The SMILES string of the molecule is C#C.CCCc1nc(-c2cncc(C3CC(C(C)C)CC(/C=C(\N)c4c(F)cccc4P)=C3N)n2)n[nH]1. The summed E-state index contributed by atoms with van der Waals surface area (Å²) >= 11 is 0. The Kier molecular flexibility index (Phi) is 9.54. The fraction of sp³-hybridized carbons (Fsp3) is 0.357. The molecule has 0 spiro atoms. The second-order valence-electron chi connectivity index (χ2n) is 9.47. The molecule has 0 saturated heterocycles. The van der Waals surface area contributed by atoms with Gasteiger partial charge in [0.1, 0.15) is 17.3 Å². The summed E-state index contributed by atoms with van der Waals surface area (Å²) in [5.41, 5.74) is 16.9. The normalized spacial score (nSPS) is 18.0. The van der Waals surface area contributed by atoms with Crippen LogP contribution in [0.1, 0.15) is 63.0 Å². The van der Waals surface area contributed by atoms with Crippen molar-refractivity contribution in [1.82, 2.24) is 25.1 Å². The number of aromatic amines is 1. The highest BCUT2D eigenvalue weighted by atomic mass is 31.0. The molecule has 37 heavy (non-hydrogen) atoms. The van der Waals surface area contributed by atoms with Crippen LogP contribution >= 0.6 is 9.24 Å². The highest BCUT2D eigenvalue weighted by molar-refractivity contribution is 7.27. The molecule has 0 amide bonds. The number of H-pyrrole nitrogens is 1. The van der Waals surface area contributed by atoms with Gasteiger partial charge in [-0.3, -0.25) is 10.1 Å². The smallest absolute Gasteiger partial charge is 0.201 e. The lowest BCUT2D eigenvalue weighted by Gasteiger charge is -2.33. The van der Waals surface area contributed by atoms with E-state index in [-0.39, 0.29) is 11.7 Å². The molecule has 3 aromatic rings. The van der Waals surface area contributed by atoms with Crippen molar-refractivity contribution in [3.05, 3.63) is 70.8 Å². The van der Waals surface area contributed by atoms with E-state index in [1.54, 1.807) is 18.5 Å². The number of nitrogens with one attached hydrogen (secondary N) is 1. The summed E-state index contributed by atoms with van der Waals surface area (Å²) in [7, 11) is 2.55. The molecule has 1 aromatic carbocycles. The van der Waals surface area contributed by atoms with Crippen LogP contribution in [0, 0.1) is 30.5 Å². The zero-order chi connectivity index (χ0) is 27.1. The van der Waals surface area contributed by atoms with Gasteiger partial charge in [-0.25, -0.2) is 14.4 Å². The van der Waals surface area contributed by atoms with Crippen LogP contribution in [-0.2, 0) is 6.42 Å². The fourth-order valence-electron chi connectivity index (χ4n) is 4.59. The van der Waals surface area contributed by atoms with Gasteiger partial charge in [-0.15, -0.1) is 22.1 Å². The van der Waals surface area contributed by atoms with Crippen LogP contribution in [0.15, 0.2) is 47.9 Å². The summed E-state index contributed by atoms with van der Waals surface area (Å²) < 4.78 is 14.5. The van der Waals surface area contributed by atoms with Gasteiger partial charge < -0.3 is 11.5 Å². The Morgan fingerprint density at radius 2 is 2.03 bits per heavy atom. The van der Waals surface area contributed by atoms with Gasteiger partial charge >= 0.3 is 0 Å². The topological polar surface area (TPSA) is 119 Å². The molecule has 0 aliphatic heterocycles. The first kappa shape index (κ1) is 28.0. The highest BCUT2D eigenvalue weighted by Gasteiger charge is 2.31. The molecule has 0 saturated carbocycles. The minimum atomic E-state index is -0.356. The Morgan fingerprint density at radius 3 is 2.70 bits per heavy atom. The third-order valence-corrected chi connectivity index (χ3v) is 7.11. The molecule has 1 aliphatic rings. The summed E-state index contributed by atoms with van der Waals surface area (Å²) in [6, 6.07) is 4.90. The van der Waals surface area contributed by atoms with Crippen LogP contribution in [0.25, 0.3) is 17.2 Å². The average molecular weight is 520 g/mol. The molecule has 4 rings (SSSR count). The van der Waals surface area contributed by atoms with Crippen molar-refractivity contribution < 1.29 is 4.39 Å². The van der Waals surface area contributed by atoms with E-state index in [9.17, 15) is 4.39 Å². The lowest BCUT2D eigenvalue weighted by molar-refractivity contribution is 0.323. The number of nitrogens with zero attached hydrogens (tertiary/aromatic N) is 4. The Morgan fingerprint density at radius 1 is 1.27 bits per heavy atom. The average Bonchev–Trinajstić information content (AvgIpc) is 3.35. The van der Waals surface area contributed by atoms with E-state index in [1.165, 1.54) is 6.07 Å². The molecule has 7 nitrogen and oxygen atoms in total. The Labute approximate surface area is 220 Å². The Bertz CT molecular complexity index is 1290. The van der Waals surface area contributed by atoms with Crippen molar-refractivity contribution in [1.29, 1.82) is 0 Å². The second-order valence-corrected chi connectivity index (χ2v) is 10.1. The minimum absolute atomic E-state index is 0.132. The standard InChI is InChI=1S/C26H33FN7P.C2H2/c1-4-6-23-32-26(34-33-23)21-13-30-12-20(31-21)17-10-15(14(2)3)9-16(25(17)29)11-19(28)24-18(27)7-5-8-22(24)35;1-2/h5,7-8,11-15,17H,4,6,9-10,28-29,35H2,1-3H3,(H,32,33,34);1-2H/b19-11-;. The zero-order valence-corrected chi connectivity index (χ0v) is 22.7. The molecule has 3 atom stereocenters. The number of halogens is 1. The van der Waals surface area contributed by atoms with E-state index in [1.807, 2.05) is 12.1 Å². The van der Waals surface area contributed by atoms with E-state index in [2.05, 4.69) is 63.0 Å². The second kappa shape index (κ2) is 12.6. The van der Waals surface area contributed by atoms with Crippen molar-refractivity contribution in [3.8, 4) is 24.4 Å². The van der Waals surface area contributed by atoms with Gasteiger partial charge in [0.05, 0.1) is 11.9 Å². The van der Waals surface area contributed by atoms with Crippen molar-refractivity contribution in [2.45, 2.75) is 52.4 Å². The number of aromatic nitrogens is 5. The quantitative estimate of drug-likeness (QED) is 0.313. The van der Waals surface area contributed by atoms with Crippen LogP contribution in [-0.4, -0.2) is 25.1 Å². The molecular weight excluding hydrogens is 484 g/mol. The first-order valence-corrected chi connectivity index (χ1v) is 12.9. The van der Waals surface area contributed by atoms with Crippen LogP contribution in [0.5, 0.6) is 0 Å². The third kappa shape index (κ3) is 6.42. The van der Waals surface area contributed by atoms with Gasteiger partial charge in [0.2, 0.25) is 5.82 Å². The number of aryl methyl sites for hydroxylation is 1. The summed E-state index contributed by atoms with van der Waals surface area (Å²) in [4.78, 5) is 13.8. The number of benzene rings is 1.